The van der Waals surface area contributed by atoms with Crippen LogP contribution >= 0.6 is 0 Å². The number of ether oxygens (including phenoxy) is 1. The maximum absolute atomic E-state index is 11.3. The first-order chi connectivity index (χ1) is 8.22. The quantitative estimate of drug-likeness (QED) is 0.704. The molecule has 0 spiro atoms. The lowest BCUT2D eigenvalue weighted by Crippen LogP contribution is -2.34. The number of hydrogen-bond donors (Lipinski definition) is 2. The largest absolute Gasteiger partial charge is 0.494 e. The first-order valence-electron chi connectivity index (χ1n) is 5.80. The standard InChI is InChI=1S/C13H19NO3/c1-11(10-15)14-13(16)8-5-9-17-12-6-3-2-4-7-12/h2-4,6-7,11,15H,5,8-10H2,1H3,(H,14,16)/t11-/m0/s1. The van der Waals surface area contributed by atoms with Crippen molar-refractivity contribution >= 4 is 5.91 Å². The normalized spacial score (nSPS) is 11.9. The average Bonchev–Trinajstić information content (AvgIpc) is 2.36. The molecule has 17 heavy (non-hydrogen) atoms. The summed E-state index contributed by atoms with van der Waals surface area (Å²) in [6.07, 6.45) is 1.08. The van der Waals surface area contributed by atoms with Gasteiger partial charge in [0.1, 0.15) is 5.75 Å². The zero-order valence-corrected chi connectivity index (χ0v) is 10.1. The van der Waals surface area contributed by atoms with Crippen LogP contribution < -0.4 is 10.1 Å². The number of hydrogen-bond acceptors (Lipinski definition) is 3. The van der Waals surface area contributed by atoms with E-state index in [9.17, 15) is 4.79 Å². The van der Waals surface area contributed by atoms with Gasteiger partial charge in [-0.3, -0.25) is 4.79 Å². The minimum atomic E-state index is -0.183. The van der Waals surface area contributed by atoms with E-state index in [0.29, 0.717) is 19.4 Å². The molecule has 1 aromatic rings. The zero-order valence-electron chi connectivity index (χ0n) is 10.1. The molecule has 0 heterocycles. The predicted molar refractivity (Wildman–Crippen MR) is 65.9 cm³/mol. The molecule has 0 saturated heterocycles. The molecule has 0 aliphatic rings. The molecule has 2 N–H and O–H groups in total. The van der Waals surface area contributed by atoms with E-state index in [1.54, 1.807) is 6.92 Å². The van der Waals surface area contributed by atoms with Crippen LogP contribution in [0.4, 0.5) is 0 Å². The maximum Gasteiger partial charge on any atom is 0.220 e. The Hall–Kier alpha value is -1.55. The highest BCUT2D eigenvalue weighted by atomic mass is 16.5. The highest BCUT2D eigenvalue weighted by molar-refractivity contribution is 5.76. The molecule has 1 aromatic carbocycles. The topological polar surface area (TPSA) is 58.6 Å². The van der Waals surface area contributed by atoms with Crippen LogP contribution in [0.5, 0.6) is 5.75 Å². The molecule has 1 atom stereocenters. The third-order valence-corrected chi connectivity index (χ3v) is 2.24. The van der Waals surface area contributed by atoms with E-state index < -0.39 is 0 Å². The van der Waals surface area contributed by atoms with E-state index in [1.807, 2.05) is 30.3 Å². The third kappa shape index (κ3) is 5.92. The van der Waals surface area contributed by atoms with E-state index in [1.165, 1.54) is 0 Å². The van der Waals surface area contributed by atoms with E-state index in [0.717, 1.165) is 5.75 Å². The van der Waals surface area contributed by atoms with Crippen molar-refractivity contribution < 1.29 is 14.6 Å². The lowest BCUT2D eigenvalue weighted by atomic mass is 10.2. The maximum atomic E-state index is 11.3. The van der Waals surface area contributed by atoms with Crippen LogP contribution in [0, 0.1) is 0 Å². The average molecular weight is 237 g/mol. The lowest BCUT2D eigenvalue weighted by Gasteiger charge is -2.10. The number of amides is 1. The molecule has 1 amide bonds. The summed E-state index contributed by atoms with van der Waals surface area (Å²) in [6, 6.07) is 9.33. The van der Waals surface area contributed by atoms with Crippen molar-refractivity contribution in [2.75, 3.05) is 13.2 Å². The minimum absolute atomic E-state index is 0.0355. The number of para-hydroxylation sites is 1. The number of nitrogens with one attached hydrogen (secondary N) is 1. The van der Waals surface area contributed by atoms with Gasteiger partial charge < -0.3 is 15.2 Å². The second-order valence-corrected chi connectivity index (χ2v) is 3.92. The van der Waals surface area contributed by atoms with Gasteiger partial charge in [-0.25, -0.2) is 0 Å². The van der Waals surface area contributed by atoms with Crippen LogP contribution in [-0.4, -0.2) is 30.3 Å². The SMILES string of the molecule is C[C@@H](CO)NC(=O)CCCOc1ccccc1. The van der Waals surface area contributed by atoms with E-state index >= 15 is 0 Å². The van der Waals surface area contributed by atoms with Crippen molar-refractivity contribution in [3.05, 3.63) is 30.3 Å². The Kier molecular flexibility index (Phi) is 6.10. The fourth-order valence-corrected chi connectivity index (χ4v) is 1.33. The summed E-state index contributed by atoms with van der Waals surface area (Å²) in [7, 11) is 0. The summed E-state index contributed by atoms with van der Waals surface area (Å²) in [5.41, 5.74) is 0. The van der Waals surface area contributed by atoms with Crippen LogP contribution in [0.25, 0.3) is 0 Å². The summed E-state index contributed by atoms with van der Waals surface area (Å²) < 4.78 is 5.46. The molecule has 0 unspecified atom stereocenters. The smallest absolute Gasteiger partial charge is 0.220 e. The van der Waals surface area contributed by atoms with Crippen LogP contribution in [0.3, 0.4) is 0 Å². The van der Waals surface area contributed by atoms with Crippen molar-refractivity contribution in [1.29, 1.82) is 0 Å². The number of carbonyl (C=O) groups is 1. The monoisotopic (exact) mass is 237 g/mol. The van der Waals surface area contributed by atoms with Crippen molar-refractivity contribution in [1.82, 2.24) is 5.32 Å². The van der Waals surface area contributed by atoms with Gasteiger partial charge in [-0.05, 0) is 25.5 Å². The molecular weight excluding hydrogens is 218 g/mol. The summed E-state index contributed by atoms with van der Waals surface area (Å²) >= 11 is 0. The molecule has 1 rings (SSSR count). The van der Waals surface area contributed by atoms with Crippen LogP contribution in [-0.2, 0) is 4.79 Å². The number of benzene rings is 1. The Bertz CT molecular complexity index is 327. The second kappa shape index (κ2) is 7.68. The van der Waals surface area contributed by atoms with Crippen LogP contribution in [0.2, 0.25) is 0 Å². The van der Waals surface area contributed by atoms with Gasteiger partial charge in [0, 0.05) is 12.5 Å². The molecular formula is C13H19NO3. The van der Waals surface area contributed by atoms with Gasteiger partial charge in [0.15, 0.2) is 0 Å². The molecule has 0 aliphatic carbocycles. The summed E-state index contributed by atoms with van der Waals surface area (Å²) in [4.78, 5) is 11.3. The minimum Gasteiger partial charge on any atom is -0.494 e. The van der Waals surface area contributed by atoms with Gasteiger partial charge in [-0.1, -0.05) is 18.2 Å². The zero-order chi connectivity index (χ0) is 12.5. The molecule has 4 heteroatoms. The van der Waals surface area contributed by atoms with E-state index in [4.69, 9.17) is 9.84 Å². The number of carbonyl (C=O) groups excluding carboxylic acids is 1. The highest BCUT2D eigenvalue weighted by Crippen LogP contribution is 2.08. The van der Waals surface area contributed by atoms with Crippen molar-refractivity contribution in [3.8, 4) is 5.75 Å². The highest BCUT2D eigenvalue weighted by Gasteiger charge is 2.05. The van der Waals surface area contributed by atoms with Gasteiger partial charge in [-0.2, -0.15) is 0 Å². The molecule has 4 nitrogen and oxygen atoms in total. The van der Waals surface area contributed by atoms with Gasteiger partial charge in [-0.15, -0.1) is 0 Å². The van der Waals surface area contributed by atoms with Gasteiger partial charge in [0.05, 0.1) is 13.2 Å². The Balaban J connectivity index is 2.10. The lowest BCUT2D eigenvalue weighted by molar-refractivity contribution is -0.122. The van der Waals surface area contributed by atoms with Crippen molar-refractivity contribution in [2.24, 2.45) is 0 Å². The predicted octanol–water partition coefficient (Wildman–Crippen LogP) is 1.34. The molecule has 0 aromatic heterocycles. The first-order valence-corrected chi connectivity index (χ1v) is 5.80. The van der Waals surface area contributed by atoms with Gasteiger partial charge in [0.2, 0.25) is 5.91 Å². The number of aliphatic hydroxyl groups excluding tert-OH is 1. The fraction of sp³-hybridized carbons (Fsp3) is 0.462. The summed E-state index contributed by atoms with van der Waals surface area (Å²) in [5, 5.41) is 11.4. The number of rotatable bonds is 7. The Morgan fingerprint density at radius 2 is 2.12 bits per heavy atom. The van der Waals surface area contributed by atoms with E-state index in [-0.39, 0.29) is 18.6 Å². The van der Waals surface area contributed by atoms with Gasteiger partial charge in [0.25, 0.3) is 0 Å². The Morgan fingerprint density at radius 3 is 2.76 bits per heavy atom. The van der Waals surface area contributed by atoms with Crippen molar-refractivity contribution in [3.63, 3.8) is 0 Å². The first kappa shape index (κ1) is 13.5. The summed E-state index contributed by atoms with van der Waals surface area (Å²) in [6.45, 7) is 2.25. The molecule has 0 bridgehead atoms. The molecule has 0 radical (unpaired) electrons. The Labute approximate surface area is 102 Å². The fourth-order valence-electron chi connectivity index (χ4n) is 1.33. The number of aliphatic hydroxyl groups is 1. The second-order valence-electron chi connectivity index (χ2n) is 3.92. The Morgan fingerprint density at radius 1 is 1.41 bits per heavy atom. The van der Waals surface area contributed by atoms with Gasteiger partial charge >= 0.3 is 0 Å². The summed E-state index contributed by atoms with van der Waals surface area (Å²) in [5.74, 6) is 0.764. The molecule has 94 valence electrons. The molecule has 0 fully saturated rings. The third-order valence-electron chi connectivity index (χ3n) is 2.24. The van der Waals surface area contributed by atoms with Crippen LogP contribution in [0.15, 0.2) is 30.3 Å². The molecule has 0 aliphatic heterocycles. The van der Waals surface area contributed by atoms with Crippen molar-refractivity contribution in [2.45, 2.75) is 25.8 Å². The molecule has 0 saturated carbocycles. The van der Waals surface area contributed by atoms with Crippen LogP contribution in [0.1, 0.15) is 19.8 Å². The van der Waals surface area contributed by atoms with E-state index in [2.05, 4.69) is 5.32 Å².